The van der Waals surface area contributed by atoms with Crippen molar-refractivity contribution in [1.82, 2.24) is 15.1 Å². The molecule has 1 saturated carbocycles. The number of carboxylic acid groups (broad SMARTS) is 1. The van der Waals surface area contributed by atoms with Gasteiger partial charge in [0.2, 0.25) is 5.91 Å². The molecule has 0 aromatic heterocycles. The van der Waals surface area contributed by atoms with Gasteiger partial charge in [-0.3, -0.25) is 9.69 Å². The van der Waals surface area contributed by atoms with E-state index in [1.54, 1.807) is 11.9 Å². The molecule has 7 nitrogen and oxygen atoms in total. The third-order valence-electron chi connectivity index (χ3n) is 4.14. The molecule has 112 valence electrons. The molecule has 2 aliphatic rings. The molecule has 2 N–H and O–H groups in total. The second-order valence-electron chi connectivity index (χ2n) is 5.47. The highest BCUT2D eigenvalue weighted by Gasteiger charge is 2.38. The van der Waals surface area contributed by atoms with Gasteiger partial charge in [0.1, 0.15) is 12.6 Å². The molecule has 2 rings (SSSR count). The molecule has 20 heavy (non-hydrogen) atoms. The van der Waals surface area contributed by atoms with Gasteiger partial charge in [-0.25, -0.2) is 9.59 Å². The van der Waals surface area contributed by atoms with Gasteiger partial charge >= 0.3 is 12.0 Å². The van der Waals surface area contributed by atoms with Crippen molar-refractivity contribution < 1.29 is 19.5 Å². The van der Waals surface area contributed by atoms with Gasteiger partial charge in [0.15, 0.2) is 0 Å². The second kappa shape index (κ2) is 6.11. The van der Waals surface area contributed by atoms with Crippen LogP contribution in [0, 0.1) is 0 Å². The molecule has 3 amide bonds. The standard InChI is InChI=1S/C13H21N3O4/c1-15(9-5-3-2-4-6-9)13(20)16-8-11(17)14-7-10(16)12(18)19/h9-10H,2-8H2,1H3,(H,14,17)(H,18,19). The van der Waals surface area contributed by atoms with Crippen LogP contribution >= 0.6 is 0 Å². The fourth-order valence-corrected chi connectivity index (χ4v) is 2.89. The maximum atomic E-state index is 12.5. The number of amides is 3. The predicted molar refractivity (Wildman–Crippen MR) is 71.2 cm³/mol. The molecule has 1 aliphatic heterocycles. The zero-order valence-electron chi connectivity index (χ0n) is 11.7. The van der Waals surface area contributed by atoms with Crippen LogP contribution < -0.4 is 5.32 Å². The van der Waals surface area contributed by atoms with Gasteiger partial charge in [-0.2, -0.15) is 0 Å². The number of piperazine rings is 1. The molecule has 1 aliphatic carbocycles. The van der Waals surface area contributed by atoms with Crippen LogP contribution in [0.5, 0.6) is 0 Å². The predicted octanol–water partition coefficient (Wildman–Crippen LogP) is 0.256. The summed E-state index contributed by atoms with van der Waals surface area (Å²) in [6.45, 7) is -0.217. The third kappa shape index (κ3) is 3.02. The molecule has 2 fully saturated rings. The molecule has 1 heterocycles. The number of carbonyl (C=O) groups excluding carboxylic acids is 2. The van der Waals surface area contributed by atoms with Crippen molar-refractivity contribution in [3.8, 4) is 0 Å². The van der Waals surface area contributed by atoms with E-state index in [0.29, 0.717) is 0 Å². The summed E-state index contributed by atoms with van der Waals surface area (Å²) in [4.78, 5) is 37.9. The Hall–Kier alpha value is -1.79. The van der Waals surface area contributed by atoms with Crippen molar-refractivity contribution in [2.45, 2.75) is 44.2 Å². The Morgan fingerprint density at radius 1 is 1.30 bits per heavy atom. The molecular formula is C13H21N3O4. The highest BCUT2D eigenvalue weighted by Crippen LogP contribution is 2.23. The first-order valence-electron chi connectivity index (χ1n) is 7.03. The highest BCUT2D eigenvalue weighted by molar-refractivity contribution is 5.90. The van der Waals surface area contributed by atoms with Crippen LogP contribution in [0.1, 0.15) is 32.1 Å². The lowest BCUT2D eigenvalue weighted by Crippen LogP contribution is -2.62. The van der Waals surface area contributed by atoms with E-state index in [1.165, 1.54) is 6.42 Å². The van der Waals surface area contributed by atoms with Gasteiger partial charge < -0.3 is 15.3 Å². The summed E-state index contributed by atoms with van der Waals surface area (Å²) in [6.07, 6.45) is 5.25. The van der Waals surface area contributed by atoms with Crippen molar-refractivity contribution in [3.63, 3.8) is 0 Å². The van der Waals surface area contributed by atoms with Gasteiger partial charge in [0.05, 0.1) is 0 Å². The van der Waals surface area contributed by atoms with Crippen molar-refractivity contribution in [2.24, 2.45) is 0 Å². The number of hydrogen-bond acceptors (Lipinski definition) is 3. The minimum absolute atomic E-state index is 0.0294. The van der Waals surface area contributed by atoms with E-state index in [-0.39, 0.29) is 31.1 Å². The number of nitrogens with one attached hydrogen (secondary N) is 1. The van der Waals surface area contributed by atoms with Gasteiger partial charge in [-0.05, 0) is 12.8 Å². The van der Waals surface area contributed by atoms with E-state index in [9.17, 15) is 19.5 Å². The van der Waals surface area contributed by atoms with Crippen LogP contribution in [0.4, 0.5) is 4.79 Å². The van der Waals surface area contributed by atoms with Crippen molar-refractivity contribution in [3.05, 3.63) is 0 Å². The Balaban J connectivity index is 2.07. The average molecular weight is 283 g/mol. The molecule has 1 atom stereocenters. The van der Waals surface area contributed by atoms with E-state index >= 15 is 0 Å². The summed E-state index contributed by atoms with van der Waals surface area (Å²) in [7, 11) is 1.70. The van der Waals surface area contributed by atoms with Crippen molar-refractivity contribution in [2.75, 3.05) is 20.1 Å². The first kappa shape index (κ1) is 14.6. The maximum Gasteiger partial charge on any atom is 0.328 e. The quantitative estimate of drug-likeness (QED) is 0.760. The number of carbonyl (C=O) groups is 3. The Kier molecular flexibility index (Phi) is 4.46. The summed E-state index contributed by atoms with van der Waals surface area (Å²) >= 11 is 0. The fraction of sp³-hybridized carbons (Fsp3) is 0.769. The molecular weight excluding hydrogens is 262 g/mol. The zero-order valence-corrected chi connectivity index (χ0v) is 11.7. The van der Waals surface area contributed by atoms with Crippen molar-refractivity contribution >= 4 is 17.9 Å². The first-order valence-corrected chi connectivity index (χ1v) is 7.03. The number of hydrogen-bond donors (Lipinski definition) is 2. The van der Waals surface area contributed by atoms with Crippen LogP contribution in [-0.2, 0) is 9.59 Å². The Bertz CT molecular complexity index is 406. The van der Waals surface area contributed by atoms with E-state index in [0.717, 1.165) is 30.6 Å². The number of rotatable bonds is 2. The monoisotopic (exact) mass is 283 g/mol. The van der Waals surface area contributed by atoms with Crippen LogP contribution in [0.2, 0.25) is 0 Å². The summed E-state index contributed by atoms with van der Waals surface area (Å²) in [5, 5.41) is 11.7. The largest absolute Gasteiger partial charge is 0.480 e. The van der Waals surface area contributed by atoms with E-state index in [2.05, 4.69) is 5.32 Å². The summed E-state index contributed by atoms with van der Waals surface area (Å²) in [5.41, 5.74) is 0. The van der Waals surface area contributed by atoms with Crippen LogP contribution in [0.25, 0.3) is 0 Å². The van der Waals surface area contributed by atoms with Crippen LogP contribution in [0.3, 0.4) is 0 Å². The summed E-state index contributed by atoms with van der Waals surface area (Å²) < 4.78 is 0. The highest BCUT2D eigenvalue weighted by atomic mass is 16.4. The van der Waals surface area contributed by atoms with Gasteiger partial charge in [-0.15, -0.1) is 0 Å². The maximum absolute atomic E-state index is 12.5. The lowest BCUT2D eigenvalue weighted by molar-refractivity contribution is -0.144. The van der Waals surface area contributed by atoms with E-state index < -0.39 is 12.0 Å². The van der Waals surface area contributed by atoms with Crippen molar-refractivity contribution in [1.29, 1.82) is 0 Å². The Morgan fingerprint density at radius 3 is 2.55 bits per heavy atom. The SMILES string of the molecule is CN(C(=O)N1CC(=O)NCC1C(=O)O)C1CCCCC1. The van der Waals surface area contributed by atoms with Gasteiger partial charge in [-0.1, -0.05) is 19.3 Å². The average Bonchev–Trinajstić information content (AvgIpc) is 2.46. The number of aliphatic carboxylic acids is 1. The number of nitrogens with zero attached hydrogens (tertiary/aromatic N) is 2. The lowest BCUT2D eigenvalue weighted by atomic mass is 9.94. The smallest absolute Gasteiger partial charge is 0.328 e. The second-order valence-corrected chi connectivity index (χ2v) is 5.47. The summed E-state index contributed by atoms with van der Waals surface area (Å²) in [5.74, 6) is -1.40. The Labute approximate surface area is 117 Å². The summed E-state index contributed by atoms with van der Waals surface area (Å²) in [6, 6.07) is -1.19. The van der Waals surface area contributed by atoms with Gasteiger partial charge in [0.25, 0.3) is 0 Å². The minimum atomic E-state index is -1.09. The van der Waals surface area contributed by atoms with Gasteiger partial charge in [0, 0.05) is 19.6 Å². The first-order chi connectivity index (χ1) is 9.50. The van der Waals surface area contributed by atoms with E-state index in [1.807, 2.05) is 0 Å². The molecule has 0 bridgehead atoms. The third-order valence-corrected chi connectivity index (χ3v) is 4.14. The molecule has 0 spiro atoms. The molecule has 0 radical (unpaired) electrons. The lowest BCUT2D eigenvalue weighted by Gasteiger charge is -2.39. The van der Waals surface area contributed by atoms with E-state index in [4.69, 9.17) is 0 Å². The van der Waals surface area contributed by atoms with Crippen LogP contribution in [-0.4, -0.2) is 65.0 Å². The zero-order chi connectivity index (χ0) is 14.7. The number of urea groups is 1. The molecule has 1 saturated heterocycles. The molecule has 0 aromatic rings. The van der Waals surface area contributed by atoms with Crippen LogP contribution in [0.15, 0.2) is 0 Å². The minimum Gasteiger partial charge on any atom is -0.480 e. The topological polar surface area (TPSA) is 90.0 Å². The fourth-order valence-electron chi connectivity index (χ4n) is 2.89. The molecule has 7 heteroatoms. The molecule has 0 aromatic carbocycles. The normalized spacial score (nSPS) is 24.1. The molecule has 1 unspecified atom stereocenters. The number of carboxylic acids is 1. The Morgan fingerprint density at radius 2 is 1.95 bits per heavy atom.